The van der Waals surface area contributed by atoms with Gasteiger partial charge in [-0.25, -0.2) is 0 Å². The van der Waals surface area contributed by atoms with Gasteiger partial charge in [0, 0.05) is 13.1 Å². The van der Waals surface area contributed by atoms with E-state index in [1.165, 1.54) is 0 Å². The lowest BCUT2D eigenvalue weighted by Gasteiger charge is -2.40. The van der Waals surface area contributed by atoms with Crippen LogP contribution in [0.25, 0.3) is 0 Å². The Bertz CT molecular complexity index is 132. The summed E-state index contributed by atoms with van der Waals surface area (Å²) >= 11 is 0. The van der Waals surface area contributed by atoms with Crippen LogP contribution in [-0.2, 0) is 0 Å². The van der Waals surface area contributed by atoms with Crippen molar-refractivity contribution in [3.8, 4) is 0 Å². The van der Waals surface area contributed by atoms with E-state index in [9.17, 15) is 0 Å². The first kappa shape index (κ1) is 12.8. The third-order valence-corrected chi connectivity index (χ3v) is 2.59. The maximum Gasteiger partial charge on any atom is 0.0683 e. The van der Waals surface area contributed by atoms with E-state index in [0.29, 0.717) is 13.1 Å². The van der Waals surface area contributed by atoms with Crippen molar-refractivity contribution in [2.24, 2.45) is 11.7 Å². The van der Waals surface area contributed by atoms with E-state index in [1.807, 2.05) is 25.7 Å². The molecule has 0 aromatic carbocycles. The van der Waals surface area contributed by atoms with Crippen LogP contribution in [0.1, 0.15) is 20.8 Å². The van der Waals surface area contributed by atoms with Crippen molar-refractivity contribution in [2.75, 3.05) is 26.3 Å². The highest BCUT2D eigenvalue weighted by Gasteiger charge is 2.29. The Morgan fingerprint density at radius 3 is 1.85 bits per heavy atom. The standard InChI is InChI=1S/C9H22N2O2/c1-8(2)9(3,10)11(4-6-12)5-7-13/h8,12-13H,4-7,10H2,1-3H3. The predicted octanol–water partition coefficient (Wildman–Crippen LogP) is -0.396. The maximum absolute atomic E-state index is 8.83. The fourth-order valence-corrected chi connectivity index (χ4v) is 1.20. The Morgan fingerprint density at radius 1 is 1.23 bits per heavy atom. The normalized spacial score (nSPS) is 16.6. The van der Waals surface area contributed by atoms with Gasteiger partial charge in [0.25, 0.3) is 0 Å². The minimum atomic E-state index is -0.467. The van der Waals surface area contributed by atoms with E-state index in [1.54, 1.807) is 0 Å². The summed E-state index contributed by atoms with van der Waals surface area (Å²) in [5, 5.41) is 17.7. The largest absolute Gasteiger partial charge is 0.395 e. The lowest BCUT2D eigenvalue weighted by atomic mass is 9.97. The Labute approximate surface area is 80.3 Å². The molecule has 13 heavy (non-hydrogen) atoms. The van der Waals surface area contributed by atoms with E-state index < -0.39 is 5.66 Å². The fourth-order valence-electron chi connectivity index (χ4n) is 1.20. The van der Waals surface area contributed by atoms with Crippen LogP contribution in [0.2, 0.25) is 0 Å². The summed E-state index contributed by atoms with van der Waals surface area (Å²) in [6.07, 6.45) is 0. The van der Waals surface area contributed by atoms with E-state index in [2.05, 4.69) is 0 Å². The zero-order chi connectivity index (χ0) is 10.5. The molecule has 0 saturated carbocycles. The molecular formula is C9H22N2O2. The minimum Gasteiger partial charge on any atom is -0.395 e. The third-order valence-electron chi connectivity index (χ3n) is 2.59. The van der Waals surface area contributed by atoms with Crippen molar-refractivity contribution in [3.63, 3.8) is 0 Å². The number of aliphatic hydroxyl groups excluding tert-OH is 2. The lowest BCUT2D eigenvalue weighted by molar-refractivity contribution is 0.0341. The molecule has 0 rings (SSSR count). The highest BCUT2D eigenvalue weighted by atomic mass is 16.3. The molecule has 4 N–H and O–H groups in total. The predicted molar refractivity (Wildman–Crippen MR) is 53.2 cm³/mol. The monoisotopic (exact) mass is 190 g/mol. The van der Waals surface area contributed by atoms with Gasteiger partial charge in [-0.05, 0) is 12.8 Å². The van der Waals surface area contributed by atoms with Crippen molar-refractivity contribution < 1.29 is 10.2 Å². The van der Waals surface area contributed by atoms with Gasteiger partial charge >= 0.3 is 0 Å². The molecule has 1 atom stereocenters. The number of nitrogens with zero attached hydrogens (tertiary/aromatic N) is 1. The molecule has 0 radical (unpaired) electrons. The average Bonchev–Trinajstić information content (AvgIpc) is 2.03. The van der Waals surface area contributed by atoms with Gasteiger partial charge in [0.15, 0.2) is 0 Å². The molecule has 4 nitrogen and oxygen atoms in total. The number of rotatable bonds is 6. The van der Waals surface area contributed by atoms with Gasteiger partial charge in [-0.1, -0.05) is 13.8 Å². The van der Waals surface area contributed by atoms with Gasteiger partial charge in [0.05, 0.1) is 18.9 Å². The summed E-state index contributed by atoms with van der Waals surface area (Å²) in [4.78, 5) is 1.90. The summed E-state index contributed by atoms with van der Waals surface area (Å²) in [6, 6.07) is 0. The second-order valence-electron chi connectivity index (χ2n) is 3.81. The van der Waals surface area contributed by atoms with E-state index in [-0.39, 0.29) is 19.1 Å². The van der Waals surface area contributed by atoms with Gasteiger partial charge in [-0.3, -0.25) is 4.90 Å². The zero-order valence-electron chi connectivity index (χ0n) is 8.82. The van der Waals surface area contributed by atoms with Crippen LogP contribution in [0.4, 0.5) is 0 Å². The van der Waals surface area contributed by atoms with E-state index >= 15 is 0 Å². The second kappa shape index (κ2) is 5.54. The molecule has 4 heteroatoms. The van der Waals surface area contributed by atoms with Crippen LogP contribution in [-0.4, -0.2) is 47.1 Å². The highest BCUT2D eigenvalue weighted by Crippen LogP contribution is 2.17. The molecule has 0 fully saturated rings. The van der Waals surface area contributed by atoms with Crippen LogP contribution >= 0.6 is 0 Å². The topological polar surface area (TPSA) is 69.7 Å². The van der Waals surface area contributed by atoms with Gasteiger partial charge < -0.3 is 15.9 Å². The minimum absolute atomic E-state index is 0.0690. The molecule has 0 heterocycles. The first-order valence-corrected chi connectivity index (χ1v) is 4.72. The summed E-state index contributed by atoms with van der Waals surface area (Å²) < 4.78 is 0. The van der Waals surface area contributed by atoms with Crippen LogP contribution in [0.3, 0.4) is 0 Å². The fraction of sp³-hybridized carbons (Fsp3) is 1.00. The first-order valence-electron chi connectivity index (χ1n) is 4.72. The van der Waals surface area contributed by atoms with Crippen molar-refractivity contribution >= 4 is 0 Å². The van der Waals surface area contributed by atoms with Crippen LogP contribution in [0, 0.1) is 5.92 Å². The molecular weight excluding hydrogens is 168 g/mol. The van der Waals surface area contributed by atoms with E-state index in [0.717, 1.165) is 0 Å². The summed E-state index contributed by atoms with van der Waals surface area (Å²) in [5.74, 6) is 0.283. The second-order valence-corrected chi connectivity index (χ2v) is 3.81. The molecule has 0 aromatic rings. The number of nitrogens with two attached hydrogens (primary N) is 1. The van der Waals surface area contributed by atoms with Gasteiger partial charge in [-0.15, -0.1) is 0 Å². The molecule has 0 aromatic heterocycles. The molecule has 0 aliphatic carbocycles. The molecule has 1 unspecified atom stereocenters. The molecule has 0 spiro atoms. The summed E-state index contributed by atoms with van der Waals surface area (Å²) in [5.41, 5.74) is 5.61. The SMILES string of the molecule is CC(C)C(C)(N)N(CCO)CCO. The summed E-state index contributed by atoms with van der Waals surface area (Å²) in [7, 11) is 0. The molecule has 0 aliphatic heterocycles. The Kier molecular flexibility index (Phi) is 5.48. The van der Waals surface area contributed by atoms with Crippen molar-refractivity contribution in [3.05, 3.63) is 0 Å². The lowest BCUT2D eigenvalue weighted by Crippen LogP contribution is -2.58. The Hall–Kier alpha value is -0.160. The maximum atomic E-state index is 8.83. The molecule has 80 valence electrons. The zero-order valence-corrected chi connectivity index (χ0v) is 8.82. The Balaban J connectivity index is 4.31. The van der Waals surface area contributed by atoms with Crippen LogP contribution < -0.4 is 5.73 Å². The molecule has 0 saturated heterocycles. The quantitative estimate of drug-likeness (QED) is 0.499. The molecule has 0 amide bonds. The van der Waals surface area contributed by atoms with Gasteiger partial charge in [0.2, 0.25) is 0 Å². The van der Waals surface area contributed by atoms with Crippen LogP contribution in [0.5, 0.6) is 0 Å². The number of aliphatic hydroxyl groups is 2. The van der Waals surface area contributed by atoms with Crippen molar-refractivity contribution in [1.29, 1.82) is 0 Å². The van der Waals surface area contributed by atoms with E-state index in [4.69, 9.17) is 15.9 Å². The highest BCUT2D eigenvalue weighted by molar-refractivity contribution is 4.82. The van der Waals surface area contributed by atoms with Crippen molar-refractivity contribution in [2.45, 2.75) is 26.4 Å². The molecule has 0 aliphatic rings. The van der Waals surface area contributed by atoms with Gasteiger partial charge in [-0.2, -0.15) is 0 Å². The average molecular weight is 190 g/mol. The number of hydrogen-bond donors (Lipinski definition) is 3. The smallest absolute Gasteiger partial charge is 0.0683 e. The first-order chi connectivity index (χ1) is 5.96. The number of hydrogen-bond acceptors (Lipinski definition) is 4. The van der Waals surface area contributed by atoms with Crippen molar-refractivity contribution in [1.82, 2.24) is 4.90 Å². The molecule has 0 bridgehead atoms. The van der Waals surface area contributed by atoms with Crippen LogP contribution in [0.15, 0.2) is 0 Å². The summed E-state index contributed by atoms with van der Waals surface area (Å²) in [6.45, 7) is 7.13. The Morgan fingerprint density at radius 2 is 1.62 bits per heavy atom. The van der Waals surface area contributed by atoms with Gasteiger partial charge in [0.1, 0.15) is 0 Å². The third kappa shape index (κ3) is 3.60.